The fraction of sp³-hybridized carbons (Fsp3) is 0.650. The van der Waals surface area contributed by atoms with Crippen LogP contribution in [-0.4, -0.2) is 50.5 Å². The molecule has 1 aliphatic rings. The molecule has 26 heavy (non-hydrogen) atoms. The van der Waals surface area contributed by atoms with E-state index >= 15 is 0 Å². The van der Waals surface area contributed by atoms with Gasteiger partial charge in [0.1, 0.15) is 6.61 Å². The second-order valence-corrected chi connectivity index (χ2v) is 7.45. The topological polar surface area (TPSA) is 41.6 Å². The minimum Gasteiger partial charge on any atom is -0.445 e. The molecule has 1 aromatic carbocycles. The van der Waals surface area contributed by atoms with E-state index in [1.165, 1.54) is 0 Å². The van der Waals surface area contributed by atoms with Crippen LogP contribution in [0.3, 0.4) is 0 Å². The maximum atomic E-state index is 13.0. The predicted molar refractivity (Wildman–Crippen MR) is 98.5 cm³/mol. The van der Waals surface area contributed by atoms with E-state index in [9.17, 15) is 13.6 Å². The number of piperidine rings is 1. The van der Waals surface area contributed by atoms with Gasteiger partial charge < -0.3 is 15.0 Å². The predicted octanol–water partition coefficient (Wildman–Crippen LogP) is 3.96. The second kappa shape index (κ2) is 10.5. The van der Waals surface area contributed by atoms with Crippen LogP contribution in [0.25, 0.3) is 0 Å². The van der Waals surface area contributed by atoms with Crippen molar-refractivity contribution in [3.63, 3.8) is 0 Å². The Hall–Kier alpha value is -1.69. The van der Waals surface area contributed by atoms with E-state index in [0.717, 1.165) is 31.6 Å². The third-order valence-electron chi connectivity index (χ3n) is 5.23. The maximum Gasteiger partial charge on any atom is 0.407 e. The second-order valence-electron chi connectivity index (χ2n) is 7.45. The van der Waals surface area contributed by atoms with Gasteiger partial charge in [-0.1, -0.05) is 37.3 Å². The van der Waals surface area contributed by atoms with Gasteiger partial charge in [0.05, 0.1) is 13.3 Å². The molecule has 1 fully saturated rings. The first-order chi connectivity index (χ1) is 12.6. The van der Waals surface area contributed by atoms with Crippen LogP contribution >= 0.6 is 0 Å². The first-order valence-electron chi connectivity index (χ1n) is 9.36. The number of alkyl halides is 2. The fourth-order valence-corrected chi connectivity index (χ4v) is 3.09. The van der Waals surface area contributed by atoms with Crippen molar-refractivity contribution in [2.75, 3.05) is 39.5 Å². The standard InChI is InChI=1S/C20H30F2N2O2/c1-17(7-10-24-11-8-20(15-21,16-22)9-12-24)13-23-19(25)26-14-18-5-3-2-4-6-18/h2-6,17H,7-16H2,1H3,(H,23,25). The average Bonchev–Trinajstić information content (AvgIpc) is 2.70. The molecular formula is C20H30F2N2O2. The lowest BCUT2D eigenvalue weighted by atomic mass is 9.81. The SMILES string of the molecule is CC(CCN1CCC(CF)(CF)CC1)CNC(=O)OCc1ccccc1. The molecule has 1 aliphatic heterocycles. The summed E-state index contributed by atoms with van der Waals surface area (Å²) in [5.41, 5.74) is 0.213. The number of carbonyl (C=O) groups excluding carboxylic acids is 1. The fourth-order valence-electron chi connectivity index (χ4n) is 3.09. The van der Waals surface area contributed by atoms with Crippen molar-refractivity contribution < 1.29 is 18.3 Å². The summed E-state index contributed by atoms with van der Waals surface area (Å²) in [6, 6.07) is 9.56. The highest BCUT2D eigenvalue weighted by molar-refractivity contribution is 5.67. The van der Waals surface area contributed by atoms with Gasteiger partial charge in [-0.15, -0.1) is 0 Å². The minimum atomic E-state index is -0.744. The number of hydrogen-bond donors (Lipinski definition) is 1. The van der Waals surface area contributed by atoms with Gasteiger partial charge in [-0.3, -0.25) is 8.78 Å². The van der Waals surface area contributed by atoms with E-state index in [1.807, 2.05) is 30.3 Å². The van der Waals surface area contributed by atoms with Crippen molar-refractivity contribution in [3.8, 4) is 0 Å². The highest BCUT2D eigenvalue weighted by Gasteiger charge is 2.34. The van der Waals surface area contributed by atoms with Gasteiger partial charge in [-0.2, -0.15) is 0 Å². The number of likely N-dealkylation sites (tertiary alicyclic amines) is 1. The van der Waals surface area contributed by atoms with Crippen LogP contribution in [0.5, 0.6) is 0 Å². The van der Waals surface area contributed by atoms with Crippen LogP contribution in [0.15, 0.2) is 30.3 Å². The Morgan fingerprint density at radius 1 is 1.23 bits per heavy atom. The Kier molecular flexibility index (Phi) is 8.29. The number of alkyl carbamates (subject to hydrolysis) is 1. The Balaban J connectivity index is 1.57. The molecule has 2 rings (SSSR count). The van der Waals surface area contributed by atoms with Gasteiger partial charge in [0.25, 0.3) is 0 Å². The van der Waals surface area contributed by atoms with E-state index < -0.39 is 24.9 Å². The van der Waals surface area contributed by atoms with E-state index in [2.05, 4.69) is 17.1 Å². The number of nitrogens with zero attached hydrogens (tertiary/aromatic N) is 1. The van der Waals surface area contributed by atoms with Crippen molar-refractivity contribution in [3.05, 3.63) is 35.9 Å². The zero-order valence-corrected chi connectivity index (χ0v) is 15.6. The highest BCUT2D eigenvalue weighted by atomic mass is 19.1. The van der Waals surface area contributed by atoms with Gasteiger partial charge in [0.15, 0.2) is 0 Å². The minimum absolute atomic E-state index is 0.264. The molecule has 0 radical (unpaired) electrons. The lowest BCUT2D eigenvalue weighted by molar-refractivity contribution is 0.0524. The van der Waals surface area contributed by atoms with Gasteiger partial charge in [-0.25, -0.2) is 4.79 Å². The molecule has 1 N–H and O–H groups in total. The summed E-state index contributed by atoms with van der Waals surface area (Å²) in [5, 5.41) is 2.79. The quantitative estimate of drug-likeness (QED) is 0.717. The summed E-state index contributed by atoms with van der Waals surface area (Å²) in [6.07, 6.45) is 1.68. The molecule has 1 saturated heterocycles. The molecular weight excluding hydrogens is 338 g/mol. The van der Waals surface area contributed by atoms with Crippen LogP contribution in [-0.2, 0) is 11.3 Å². The van der Waals surface area contributed by atoms with E-state index in [1.54, 1.807) is 0 Å². The van der Waals surface area contributed by atoms with Crippen molar-refractivity contribution in [2.24, 2.45) is 11.3 Å². The normalized spacial score (nSPS) is 18.3. The molecule has 1 aromatic rings. The van der Waals surface area contributed by atoms with Crippen molar-refractivity contribution in [2.45, 2.75) is 32.8 Å². The Morgan fingerprint density at radius 2 is 1.88 bits per heavy atom. The van der Waals surface area contributed by atoms with Gasteiger partial charge in [0, 0.05) is 12.0 Å². The number of nitrogens with one attached hydrogen (secondary N) is 1. The number of amides is 1. The van der Waals surface area contributed by atoms with Gasteiger partial charge in [0.2, 0.25) is 0 Å². The third-order valence-corrected chi connectivity index (χ3v) is 5.23. The van der Waals surface area contributed by atoms with E-state index in [-0.39, 0.29) is 6.61 Å². The molecule has 0 bridgehead atoms. The summed E-state index contributed by atoms with van der Waals surface area (Å²) >= 11 is 0. The summed E-state index contributed by atoms with van der Waals surface area (Å²) in [7, 11) is 0. The molecule has 1 atom stereocenters. The first kappa shape index (κ1) is 20.6. The lowest BCUT2D eigenvalue weighted by Crippen LogP contribution is -2.43. The Morgan fingerprint density at radius 3 is 2.50 bits per heavy atom. The number of benzene rings is 1. The molecule has 0 aliphatic carbocycles. The summed E-state index contributed by atoms with van der Waals surface area (Å²) in [5.74, 6) is 0.313. The summed E-state index contributed by atoms with van der Waals surface area (Å²) < 4.78 is 31.2. The number of rotatable bonds is 9. The van der Waals surface area contributed by atoms with Crippen LogP contribution in [0, 0.1) is 11.3 Å². The number of ether oxygens (including phenoxy) is 1. The molecule has 0 spiro atoms. The summed E-state index contributed by atoms with van der Waals surface area (Å²) in [6.45, 7) is 4.14. The van der Waals surface area contributed by atoms with Crippen LogP contribution in [0.1, 0.15) is 31.7 Å². The smallest absolute Gasteiger partial charge is 0.407 e. The zero-order chi connectivity index (χ0) is 18.8. The molecule has 1 unspecified atom stereocenters. The molecule has 1 heterocycles. The Bertz CT molecular complexity index is 528. The van der Waals surface area contributed by atoms with Crippen LogP contribution in [0.2, 0.25) is 0 Å². The largest absolute Gasteiger partial charge is 0.445 e. The van der Waals surface area contributed by atoms with Gasteiger partial charge in [-0.05, 0) is 50.4 Å². The number of carbonyl (C=O) groups is 1. The van der Waals surface area contributed by atoms with E-state index in [4.69, 9.17) is 4.74 Å². The van der Waals surface area contributed by atoms with E-state index in [0.29, 0.717) is 25.3 Å². The first-order valence-corrected chi connectivity index (χ1v) is 9.36. The monoisotopic (exact) mass is 368 g/mol. The van der Waals surface area contributed by atoms with Crippen molar-refractivity contribution in [1.82, 2.24) is 10.2 Å². The molecule has 6 heteroatoms. The molecule has 1 amide bonds. The number of hydrogen-bond acceptors (Lipinski definition) is 3. The van der Waals surface area contributed by atoms with Crippen LogP contribution in [0.4, 0.5) is 13.6 Å². The third kappa shape index (κ3) is 6.56. The van der Waals surface area contributed by atoms with Crippen molar-refractivity contribution >= 4 is 6.09 Å². The molecule has 0 aromatic heterocycles. The number of halogens is 2. The zero-order valence-electron chi connectivity index (χ0n) is 15.6. The molecule has 0 saturated carbocycles. The maximum absolute atomic E-state index is 13.0. The van der Waals surface area contributed by atoms with Gasteiger partial charge >= 0.3 is 6.09 Å². The Labute approximate surface area is 154 Å². The van der Waals surface area contributed by atoms with Crippen molar-refractivity contribution in [1.29, 1.82) is 0 Å². The summed E-state index contributed by atoms with van der Waals surface area (Å²) in [4.78, 5) is 14.0. The lowest BCUT2D eigenvalue weighted by Gasteiger charge is -2.38. The highest BCUT2D eigenvalue weighted by Crippen LogP contribution is 2.32. The van der Waals surface area contributed by atoms with Crippen LogP contribution < -0.4 is 5.32 Å². The average molecular weight is 368 g/mol. The molecule has 4 nitrogen and oxygen atoms in total. The molecule has 146 valence electrons.